The molecule has 0 aliphatic heterocycles. The van der Waals surface area contributed by atoms with Crippen LogP contribution in [0, 0.1) is 11.3 Å². The fourth-order valence-corrected chi connectivity index (χ4v) is 3.59. The van der Waals surface area contributed by atoms with E-state index in [2.05, 4.69) is 4.98 Å². The molecule has 2 nitrogen and oxygen atoms in total. The van der Waals surface area contributed by atoms with Crippen molar-refractivity contribution in [1.29, 1.82) is 5.26 Å². The maximum Gasteiger partial charge on any atom is 0.431 e. The Balaban J connectivity index is 2.26. The van der Waals surface area contributed by atoms with Crippen molar-refractivity contribution in [3.63, 3.8) is 0 Å². The highest BCUT2D eigenvalue weighted by atomic mass is 35.5. The van der Waals surface area contributed by atoms with E-state index < -0.39 is 11.9 Å². The summed E-state index contributed by atoms with van der Waals surface area (Å²) in [7, 11) is 0. The van der Waals surface area contributed by atoms with E-state index >= 15 is 0 Å². The van der Waals surface area contributed by atoms with E-state index in [9.17, 15) is 13.2 Å². The molecule has 2 aromatic heterocycles. The van der Waals surface area contributed by atoms with Crippen LogP contribution in [-0.2, 0) is 6.18 Å². The number of nitrogens with one attached hydrogen (secondary N) is 1. The highest BCUT2D eigenvalue weighted by Crippen LogP contribution is 2.43. The van der Waals surface area contributed by atoms with Gasteiger partial charge in [0.05, 0.1) is 21.2 Å². The van der Waals surface area contributed by atoms with Crippen LogP contribution in [-0.4, -0.2) is 4.98 Å². The minimum atomic E-state index is -4.53. The summed E-state index contributed by atoms with van der Waals surface area (Å²) in [5.74, 6) is 0. The van der Waals surface area contributed by atoms with E-state index in [4.69, 9.17) is 16.9 Å². The number of aromatic nitrogens is 1. The maximum absolute atomic E-state index is 12.8. The summed E-state index contributed by atoms with van der Waals surface area (Å²) in [5.41, 5.74) is -0.922. The zero-order valence-electron chi connectivity index (χ0n) is 10.3. The third-order valence-electron chi connectivity index (χ3n) is 3.01. The number of hydrogen-bond acceptors (Lipinski definition) is 2. The lowest BCUT2D eigenvalue weighted by Gasteiger charge is -2.02. The zero-order chi connectivity index (χ0) is 15.2. The molecule has 106 valence electrons. The lowest BCUT2D eigenvalue weighted by Crippen LogP contribution is -2.04. The van der Waals surface area contributed by atoms with Gasteiger partial charge in [-0.2, -0.15) is 18.4 Å². The molecule has 1 N–H and O–H groups in total. The standard InChI is InChI=1S/C14H6ClF3N2S/c15-11-8-3-1-2-4-9(8)21-13(11)12-7(6-19)5-10(20-12)14(16,17)18/h1-5,20H. The van der Waals surface area contributed by atoms with Crippen LogP contribution in [0.25, 0.3) is 20.7 Å². The van der Waals surface area contributed by atoms with E-state index in [1.165, 1.54) is 11.3 Å². The van der Waals surface area contributed by atoms with Crippen LogP contribution in [0.4, 0.5) is 13.2 Å². The smallest absolute Gasteiger partial charge is 0.349 e. The zero-order valence-corrected chi connectivity index (χ0v) is 11.8. The molecular weight excluding hydrogens is 321 g/mol. The summed E-state index contributed by atoms with van der Waals surface area (Å²) in [6, 6.07) is 9.81. The number of benzene rings is 1. The van der Waals surface area contributed by atoms with Crippen molar-refractivity contribution in [3.8, 4) is 16.6 Å². The predicted molar refractivity (Wildman–Crippen MR) is 76.3 cm³/mol. The molecule has 21 heavy (non-hydrogen) atoms. The van der Waals surface area contributed by atoms with Crippen LogP contribution in [0.3, 0.4) is 0 Å². The average Bonchev–Trinajstić information content (AvgIpc) is 3.00. The number of hydrogen-bond donors (Lipinski definition) is 1. The Bertz CT molecular complexity index is 871. The van der Waals surface area contributed by atoms with Gasteiger partial charge in [0.2, 0.25) is 0 Å². The molecule has 0 atom stereocenters. The monoisotopic (exact) mass is 326 g/mol. The predicted octanol–water partition coefficient (Wildman–Crippen LogP) is 5.44. The summed E-state index contributed by atoms with van der Waals surface area (Å²) in [6.45, 7) is 0. The van der Waals surface area contributed by atoms with Crippen LogP contribution >= 0.6 is 22.9 Å². The molecule has 3 rings (SSSR count). The molecule has 0 spiro atoms. The number of alkyl halides is 3. The fourth-order valence-electron chi connectivity index (χ4n) is 2.05. The molecule has 0 fully saturated rings. The van der Waals surface area contributed by atoms with Crippen LogP contribution in [0.2, 0.25) is 5.02 Å². The number of aromatic amines is 1. The van der Waals surface area contributed by atoms with Gasteiger partial charge < -0.3 is 4.98 Å². The Morgan fingerprint density at radius 2 is 1.95 bits per heavy atom. The van der Waals surface area contributed by atoms with Gasteiger partial charge in [0.1, 0.15) is 11.8 Å². The van der Waals surface area contributed by atoms with Crippen molar-refractivity contribution in [1.82, 2.24) is 4.98 Å². The first-order valence-electron chi connectivity index (χ1n) is 5.79. The van der Waals surface area contributed by atoms with Gasteiger partial charge in [0.15, 0.2) is 0 Å². The van der Waals surface area contributed by atoms with Gasteiger partial charge >= 0.3 is 6.18 Å². The van der Waals surface area contributed by atoms with Crippen molar-refractivity contribution in [2.75, 3.05) is 0 Å². The van der Waals surface area contributed by atoms with Gasteiger partial charge in [0, 0.05) is 10.1 Å². The molecule has 0 aliphatic rings. The molecule has 7 heteroatoms. The van der Waals surface area contributed by atoms with E-state index in [0.717, 1.165) is 16.2 Å². The maximum atomic E-state index is 12.8. The van der Waals surface area contributed by atoms with Crippen molar-refractivity contribution in [2.24, 2.45) is 0 Å². The molecule has 2 heterocycles. The summed E-state index contributed by atoms with van der Waals surface area (Å²) in [6.07, 6.45) is -4.53. The number of halogens is 4. The molecule has 3 aromatic rings. The minimum Gasteiger partial charge on any atom is -0.349 e. The Kier molecular flexibility index (Phi) is 3.19. The lowest BCUT2D eigenvalue weighted by atomic mass is 10.2. The van der Waals surface area contributed by atoms with Crippen LogP contribution in [0.5, 0.6) is 0 Å². The second kappa shape index (κ2) is 4.79. The Morgan fingerprint density at radius 1 is 1.24 bits per heavy atom. The molecule has 0 saturated heterocycles. The topological polar surface area (TPSA) is 39.6 Å². The van der Waals surface area contributed by atoms with Gasteiger partial charge in [-0.15, -0.1) is 11.3 Å². The SMILES string of the molecule is N#Cc1cc(C(F)(F)F)[nH]c1-c1sc2ccccc2c1Cl. The van der Waals surface area contributed by atoms with Crippen molar-refractivity contribution in [3.05, 3.63) is 46.6 Å². The second-order valence-corrected chi connectivity index (χ2v) is 5.75. The normalized spacial score (nSPS) is 11.8. The molecular formula is C14H6ClF3N2S. The highest BCUT2D eigenvalue weighted by molar-refractivity contribution is 7.23. The molecule has 0 aliphatic carbocycles. The number of nitrogens with zero attached hydrogens (tertiary/aromatic N) is 1. The van der Waals surface area contributed by atoms with Gasteiger partial charge in [-0.1, -0.05) is 29.8 Å². The van der Waals surface area contributed by atoms with Gasteiger partial charge in [-0.25, -0.2) is 0 Å². The third kappa shape index (κ3) is 2.28. The quantitative estimate of drug-likeness (QED) is 0.635. The van der Waals surface area contributed by atoms with Crippen LogP contribution in [0.15, 0.2) is 30.3 Å². The van der Waals surface area contributed by atoms with Gasteiger partial charge in [0.25, 0.3) is 0 Å². The van der Waals surface area contributed by atoms with Crippen molar-refractivity contribution in [2.45, 2.75) is 6.18 Å². The van der Waals surface area contributed by atoms with E-state index in [1.807, 2.05) is 12.1 Å². The summed E-state index contributed by atoms with van der Waals surface area (Å²) in [4.78, 5) is 2.70. The van der Waals surface area contributed by atoms with E-state index in [-0.39, 0.29) is 11.3 Å². The third-order valence-corrected chi connectivity index (χ3v) is 4.70. The molecule has 0 bridgehead atoms. The highest BCUT2D eigenvalue weighted by Gasteiger charge is 2.34. The molecule has 0 amide bonds. The van der Waals surface area contributed by atoms with Crippen LogP contribution in [0.1, 0.15) is 11.3 Å². The van der Waals surface area contributed by atoms with E-state index in [0.29, 0.717) is 9.90 Å². The molecule has 0 radical (unpaired) electrons. The Hall–Kier alpha value is -1.97. The first-order chi connectivity index (χ1) is 9.91. The minimum absolute atomic E-state index is 0.0734. The summed E-state index contributed by atoms with van der Waals surface area (Å²) in [5, 5.41) is 10.2. The van der Waals surface area contributed by atoms with Gasteiger partial charge in [-0.05, 0) is 12.1 Å². The first kappa shape index (κ1) is 14.0. The number of thiophene rings is 1. The first-order valence-corrected chi connectivity index (χ1v) is 6.99. The summed E-state index contributed by atoms with van der Waals surface area (Å²) >= 11 is 7.49. The number of nitriles is 1. The van der Waals surface area contributed by atoms with Crippen molar-refractivity contribution >= 4 is 33.0 Å². The van der Waals surface area contributed by atoms with Crippen LogP contribution < -0.4 is 0 Å². The molecule has 0 saturated carbocycles. The number of fused-ring (bicyclic) bond motifs is 1. The fraction of sp³-hybridized carbons (Fsp3) is 0.0714. The Labute approximate surface area is 126 Å². The summed E-state index contributed by atoms with van der Waals surface area (Å²) < 4.78 is 39.2. The van der Waals surface area contributed by atoms with E-state index in [1.54, 1.807) is 18.2 Å². The van der Waals surface area contributed by atoms with Crippen molar-refractivity contribution < 1.29 is 13.2 Å². The largest absolute Gasteiger partial charge is 0.431 e. The van der Waals surface area contributed by atoms with Gasteiger partial charge in [-0.3, -0.25) is 0 Å². The number of H-pyrrole nitrogens is 1. The average molecular weight is 327 g/mol. The Morgan fingerprint density at radius 3 is 2.57 bits per heavy atom. The second-order valence-electron chi connectivity index (χ2n) is 4.32. The molecule has 0 unspecified atom stereocenters. The lowest BCUT2D eigenvalue weighted by molar-refractivity contribution is -0.140. The number of rotatable bonds is 1. The molecule has 1 aromatic carbocycles.